The first kappa shape index (κ1) is 22.5. The Bertz CT molecular complexity index is 870. The van der Waals surface area contributed by atoms with Gasteiger partial charge in [0, 0.05) is 38.3 Å². The lowest BCUT2D eigenvalue weighted by Crippen LogP contribution is -2.56. The highest BCUT2D eigenvalue weighted by Gasteiger charge is 2.30. The maximum atomic E-state index is 13.3. The summed E-state index contributed by atoms with van der Waals surface area (Å²) in [7, 11) is 0. The second kappa shape index (κ2) is 9.73. The molecule has 1 aliphatic rings. The van der Waals surface area contributed by atoms with Gasteiger partial charge in [0.15, 0.2) is 0 Å². The third-order valence-corrected chi connectivity index (χ3v) is 5.08. The maximum absolute atomic E-state index is 13.3. The van der Waals surface area contributed by atoms with E-state index in [1.807, 2.05) is 18.2 Å². The molecule has 7 nitrogen and oxygen atoms in total. The van der Waals surface area contributed by atoms with Crippen LogP contribution in [0.5, 0.6) is 5.75 Å². The van der Waals surface area contributed by atoms with Crippen LogP contribution in [0.2, 0.25) is 0 Å². The molecule has 2 amide bonds. The monoisotopic (exact) mass is 425 g/mol. The Kier molecular flexibility index (Phi) is 7.05. The highest BCUT2D eigenvalue weighted by molar-refractivity contribution is 5.86. The van der Waals surface area contributed by atoms with E-state index in [4.69, 9.17) is 4.74 Å². The van der Waals surface area contributed by atoms with Gasteiger partial charge in [-0.2, -0.15) is 0 Å². The third kappa shape index (κ3) is 6.64. The average molecular weight is 426 g/mol. The summed E-state index contributed by atoms with van der Waals surface area (Å²) in [5, 5.41) is 12.3. The largest absolute Gasteiger partial charge is 0.508 e. The predicted molar refractivity (Wildman–Crippen MR) is 120 cm³/mol. The number of rotatable bonds is 5. The number of piperazine rings is 1. The number of aromatic hydroxyl groups is 1. The van der Waals surface area contributed by atoms with Crippen molar-refractivity contribution in [3.63, 3.8) is 0 Å². The normalized spacial score (nSPS) is 15.3. The summed E-state index contributed by atoms with van der Waals surface area (Å²) in [5.74, 6) is 0.0235. The molecule has 1 saturated heterocycles. The van der Waals surface area contributed by atoms with Crippen LogP contribution in [0.3, 0.4) is 0 Å². The molecule has 7 heteroatoms. The van der Waals surface area contributed by atoms with Gasteiger partial charge in [-0.25, -0.2) is 4.79 Å². The minimum Gasteiger partial charge on any atom is -0.508 e. The molecular formula is C24H31N3O4. The van der Waals surface area contributed by atoms with Crippen LogP contribution in [0.25, 0.3) is 0 Å². The van der Waals surface area contributed by atoms with Crippen LogP contribution in [-0.2, 0) is 16.0 Å². The molecule has 0 aliphatic carbocycles. The molecule has 166 valence electrons. The summed E-state index contributed by atoms with van der Waals surface area (Å²) in [4.78, 5) is 29.7. The molecule has 2 aromatic carbocycles. The summed E-state index contributed by atoms with van der Waals surface area (Å²) < 4.78 is 5.37. The molecular weight excluding hydrogens is 394 g/mol. The number of hydrogen-bond donors (Lipinski definition) is 2. The second-order valence-corrected chi connectivity index (χ2v) is 8.72. The van der Waals surface area contributed by atoms with Gasteiger partial charge in [0.2, 0.25) is 5.91 Å². The van der Waals surface area contributed by atoms with Crippen LogP contribution in [0, 0.1) is 0 Å². The minimum atomic E-state index is -0.748. The summed E-state index contributed by atoms with van der Waals surface area (Å²) in [5.41, 5.74) is 1.33. The number of carbonyl (C=O) groups is 2. The Morgan fingerprint density at radius 2 is 1.61 bits per heavy atom. The molecule has 2 N–H and O–H groups in total. The molecule has 2 aromatic rings. The summed E-state index contributed by atoms with van der Waals surface area (Å²) in [6.45, 7) is 7.97. The zero-order valence-corrected chi connectivity index (χ0v) is 18.4. The molecule has 0 saturated carbocycles. The molecule has 1 heterocycles. The maximum Gasteiger partial charge on any atom is 0.408 e. The number of amides is 2. The molecule has 1 aliphatic heterocycles. The van der Waals surface area contributed by atoms with Crippen LogP contribution in [-0.4, -0.2) is 59.8 Å². The van der Waals surface area contributed by atoms with Gasteiger partial charge in [-0.3, -0.25) is 4.79 Å². The third-order valence-electron chi connectivity index (χ3n) is 5.08. The highest BCUT2D eigenvalue weighted by atomic mass is 16.6. The molecule has 3 rings (SSSR count). The van der Waals surface area contributed by atoms with Crippen molar-refractivity contribution in [2.24, 2.45) is 0 Å². The quantitative estimate of drug-likeness (QED) is 0.769. The zero-order valence-electron chi connectivity index (χ0n) is 18.4. The second-order valence-electron chi connectivity index (χ2n) is 8.72. The van der Waals surface area contributed by atoms with Crippen molar-refractivity contribution in [2.75, 3.05) is 31.1 Å². The van der Waals surface area contributed by atoms with Crippen LogP contribution in [0.15, 0.2) is 54.6 Å². The molecule has 0 bridgehead atoms. The standard InChI is InChI=1S/C24H31N3O4/c1-24(2,3)31-23(30)25-21(17-18-9-11-20(28)12-10-18)22(29)27-15-13-26(14-16-27)19-7-5-4-6-8-19/h4-12,21,28H,13-17H2,1-3H3,(H,25,30). The minimum absolute atomic E-state index is 0.133. The fraction of sp³-hybridized carbons (Fsp3) is 0.417. The highest BCUT2D eigenvalue weighted by Crippen LogP contribution is 2.18. The van der Waals surface area contributed by atoms with Gasteiger partial charge in [0.1, 0.15) is 17.4 Å². The molecule has 1 unspecified atom stereocenters. The first-order valence-electron chi connectivity index (χ1n) is 10.6. The number of nitrogens with one attached hydrogen (secondary N) is 1. The van der Waals surface area contributed by atoms with Crippen molar-refractivity contribution in [1.29, 1.82) is 0 Å². The van der Waals surface area contributed by atoms with Crippen molar-refractivity contribution in [1.82, 2.24) is 10.2 Å². The molecule has 1 fully saturated rings. The van der Waals surface area contributed by atoms with Crippen LogP contribution in [0.4, 0.5) is 10.5 Å². The zero-order chi connectivity index (χ0) is 22.4. The Morgan fingerprint density at radius 3 is 2.19 bits per heavy atom. The van der Waals surface area contributed by atoms with Gasteiger partial charge >= 0.3 is 6.09 Å². The van der Waals surface area contributed by atoms with Crippen molar-refractivity contribution in [3.05, 3.63) is 60.2 Å². The van der Waals surface area contributed by atoms with Crippen molar-refractivity contribution < 1.29 is 19.4 Å². The number of benzene rings is 2. The lowest BCUT2D eigenvalue weighted by molar-refractivity contribution is -0.133. The van der Waals surface area contributed by atoms with E-state index in [1.54, 1.807) is 49.9 Å². The number of para-hydroxylation sites is 1. The number of phenolic OH excluding ortho intramolecular Hbond substituents is 1. The van der Waals surface area contributed by atoms with Crippen LogP contribution in [0.1, 0.15) is 26.3 Å². The Labute approximate surface area is 183 Å². The fourth-order valence-electron chi connectivity index (χ4n) is 3.56. The van der Waals surface area contributed by atoms with Gasteiger partial charge < -0.3 is 25.0 Å². The van der Waals surface area contributed by atoms with Gasteiger partial charge in [-0.1, -0.05) is 30.3 Å². The number of carbonyl (C=O) groups excluding carboxylic acids is 2. The lowest BCUT2D eigenvalue weighted by atomic mass is 10.0. The van der Waals surface area contributed by atoms with Crippen molar-refractivity contribution >= 4 is 17.7 Å². The molecule has 1 atom stereocenters. The average Bonchev–Trinajstić information content (AvgIpc) is 2.74. The molecule has 31 heavy (non-hydrogen) atoms. The number of phenols is 1. The molecule has 0 aromatic heterocycles. The number of nitrogens with zero attached hydrogens (tertiary/aromatic N) is 2. The van der Waals surface area contributed by atoms with Crippen LogP contribution < -0.4 is 10.2 Å². The smallest absolute Gasteiger partial charge is 0.408 e. The molecule has 0 radical (unpaired) electrons. The van der Waals surface area contributed by atoms with E-state index < -0.39 is 17.7 Å². The van der Waals surface area contributed by atoms with E-state index in [1.165, 1.54) is 0 Å². The first-order valence-corrected chi connectivity index (χ1v) is 10.6. The Hall–Kier alpha value is -3.22. The number of hydrogen-bond acceptors (Lipinski definition) is 5. The van der Waals surface area contributed by atoms with Gasteiger partial charge in [0.05, 0.1) is 0 Å². The van der Waals surface area contributed by atoms with Gasteiger partial charge in [-0.15, -0.1) is 0 Å². The van der Waals surface area contributed by atoms with E-state index in [-0.39, 0.29) is 11.7 Å². The predicted octanol–water partition coefficient (Wildman–Crippen LogP) is 3.18. The fourth-order valence-corrected chi connectivity index (χ4v) is 3.56. The SMILES string of the molecule is CC(C)(C)OC(=O)NC(Cc1ccc(O)cc1)C(=O)N1CCN(c2ccccc2)CC1. The first-order chi connectivity index (χ1) is 14.7. The van der Waals surface area contributed by atoms with E-state index in [2.05, 4.69) is 22.3 Å². The molecule has 0 spiro atoms. The summed E-state index contributed by atoms with van der Waals surface area (Å²) >= 11 is 0. The van der Waals surface area contributed by atoms with Gasteiger partial charge in [-0.05, 0) is 50.6 Å². The van der Waals surface area contributed by atoms with Crippen molar-refractivity contribution in [2.45, 2.75) is 38.8 Å². The summed E-state index contributed by atoms with van der Waals surface area (Å²) in [6, 6.07) is 16.0. The van der Waals surface area contributed by atoms with Gasteiger partial charge in [0.25, 0.3) is 0 Å². The van der Waals surface area contributed by atoms with E-state index >= 15 is 0 Å². The van der Waals surface area contributed by atoms with E-state index in [0.717, 1.165) is 24.3 Å². The van der Waals surface area contributed by atoms with E-state index in [0.29, 0.717) is 19.5 Å². The lowest BCUT2D eigenvalue weighted by Gasteiger charge is -2.37. The number of anilines is 1. The Balaban J connectivity index is 1.67. The Morgan fingerprint density at radius 1 is 1.00 bits per heavy atom. The topological polar surface area (TPSA) is 82.1 Å². The number of alkyl carbamates (subject to hydrolysis) is 1. The van der Waals surface area contributed by atoms with Crippen molar-refractivity contribution in [3.8, 4) is 5.75 Å². The summed E-state index contributed by atoms with van der Waals surface area (Å²) in [6.07, 6.45) is -0.301. The van der Waals surface area contributed by atoms with E-state index in [9.17, 15) is 14.7 Å². The van der Waals surface area contributed by atoms with Crippen LogP contribution >= 0.6 is 0 Å². The number of ether oxygens (including phenoxy) is 1.